The van der Waals surface area contributed by atoms with E-state index in [9.17, 15) is 4.57 Å². The zero-order valence-corrected chi connectivity index (χ0v) is 12.1. The van der Waals surface area contributed by atoms with Crippen LogP contribution in [0.2, 0.25) is 0 Å². The molecule has 1 aliphatic heterocycles. The fourth-order valence-electron chi connectivity index (χ4n) is 1.67. The van der Waals surface area contributed by atoms with Gasteiger partial charge in [0, 0.05) is 5.75 Å². The lowest BCUT2D eigenvalue weighted by atomic mass is 10.2. The summed E-state index contributed by atoms with van der Waals surface area (Å²) in [6.45, 7) is -0.470. The molecule has 5 heteroatoms. The zero-order valence-electron chi connectivity index (χ0n) is 10.4. The molecule has 0 bridgehead atoms. The highest BCUT2D eigenvalue weighted by atomic mass is 32.7. The van der Waals surface area contributed by atoms with E-state index in [1.807, 2.05) is 43.9 Å². The van der Waals surface area contributed by atoms with Crippen LogP contribution in [0.3, 0.4) is 0 Å². The normalized spacial score (nSPS) is 26.8. The molecule has 1 aromatic carbocycles. The fourth-order valence-corrected chi connectivity index (χ4v) is 6.71. The Morgan fingerprint density at radius 3 is 2.41 bits per heavy atom. The summed E-state index contributed by atoms with van der Waals surface area (Å²) in [5.41, 5.74) is 1.20. The van der Waals surface area contributed by atoms with E-state index in [1.165, 1.54) is 16.9 Å². The first-order chi connectivity index (χ1) is 8.04. The van der Waals surface area contributed by atoms with Crippen molar-refractivity contribution in [3.8, 4) is 0 Å². The quantitative estimate of drug-likeness (QED) is 0.607. The van der Waals surface area contributed by atoms with Gasteiger partial charge < -0.3 is 4.74 Å². The number of hydrogen-bond acceptors (Lipinski definition) is 3. The van der Waals surface area contributed by atoms with Crippen molar-refractivity contribution in [1.82, 2.24) is 4.67 Å². The number of hydrogen-bond donors (Lipinski definition) is 0. The Balaban J connectivity index is 2.02. The van der Waals surface area contributed by atoms with Crippen molar-refractivity contribution in [3.05, 3.63) is 35.9 Å². The minimum absolute atomic E-state index is 0.0915. The minimum Gasteiger partial charge on any atom is -0.359 e. The smallest absolute Gasteiger partial charge is 0.233 e. The van der Waals surface area contributed by atoms with Gasteiger partial charge in [-0.2, -0.15) is 0 Å². The van der Waals surface area contributed by atoms with Gasteiger partial charge in [-0.1, -0.05) is 41.7 Å². The third kappa shape index (κ3) is 2.94. The number of benzene rings is 1. The summed E-state index contributed by atoms with van der Waals surface area (Å²) < 4.78 is 20.1. The molecule has 1 unspecified atom stereocenters. The molecule has 94 valence electrons. The minimum atomic E-state index is -2.45. The van der Waals surface area contributed by atoms with E-state index >= 15 is 0 Å². The summed E-state index contributed by atoms with van der Waals surface area (Å²) in [7, 11) is 3.74. The van der Waals surface area contributed by atoms with Crippen LogP contribution in [0.1, 0.15) is 12.5 Å². The van der Waals surface area contributed by atoms with Gasteiger partial charge >= 0.3 is 0 Å². The van der Waals surface area contributed by atoms with Crippen LogP contribution < -0.4 is 0 Å². The molecule has 3 nitrogen and oxygen atoms in total. The number of epoxide rings is 1. The van der Waals surface area contributed by atoms with Gasteiger partial charge in [-0.05, 0) is 26.6 Å². The topological polar surface area (TPSA) is 32.8 Å². The second-order valence-electron chi connectivity index (χ2n) is 4.40. The first-order valence-electron chi connectivity index (χ1n) is 5.65. The Kier molecular flexibility index (Phi) is 3.99. The van der Waals surface area contributed by atoms with Crippen molar-refractivity contribution in [2.75, 3.05) is 14.1 Å². The lowest BCUT2D eigenvalue weighted by Gasteiger charge is -2.22. The van der Waals surface area contributed by atoms with Gasteiger partial charge in [0.05, 0.1) is 6.10 Å². The third-order valence-electron chi connectivity index (χ3n) is 2.82. The maximum absolute atomic E-state index is 12.8. The van der Waals surface area contributed by atoms with Crippen molar-refractivity contribution in [3.63, 3.8) is 0 Å². The van der Waals surface area contributed by atoms with Crippen LogP contribution >= 0.6 is 17.9 Å². The molecule has 17 heavy (non-hydrogen) atoms. The molecule has 1 saturated heterocycles. The first kappa shape index (κ1) is 13.2. The molecular formula is C12H18NO2PS. The number of nitrogens with zero attached hydrogens (tertiary/aromatic N) is 1. The van der Waals surface area contributed by atoms with Crippen LogP contribution in [-0.2, 0) is 15.1 Å². The predicted octanol–water partition coefficient (Wildman–Crippen LogP) is 3.42. The number of ether oxygens (including phenoxy) is 1. The zero-order chi connectivity index (χ0) is 12.5. The molecule has 0 radical (unpaired) electrons. The molecule has 0 saturated carbocycles. The second-order valence-corrected chi connectivity index (χ2v) is 9.73. The summed E-state index contributed by atoms with van der Waals surface area (Å²) in [5, 5.41) is 0. The van der Waals surface area contributed by atoms with Gasteiger partial charge in [0.15, 0.2) is 5.85 Å². The molecule has 1 heterocycles. The van der Waals surface area contributed by atoms with E-state index in [4.69, 9.17) is 4.74 Å². The largest absolute Gasteiger partial charge is 0.359 e. The Hall–Kier alpha value is -0.280. The van der Waals surface area contributed by atoms with Gasteiger partial charge in [0.25, 0.3) is 0 Å². The van der Waals surface area contributed by atoms with Crippen LogP contribution in [0.5, 0.6) is 0 Å². The van der Waals surface area contributed by atoms with Crippen molar-refractivity contribution < 1.29 is 9.30 Å². The molecule has 1 aromatic rings. The maximum Gasteiger partial charge on any atom is 0.233 e. The molecule has 2 rings (SSSR count). The molecular weight excluding hydrogens is 253 g/mol. The fraction of sp³-hybridized carbons (Fsp3) is 0.500. The summed E-state index contributed by atoms with van der Waals surface area (Å²) in [6, 6.07) is 10.1. The van der Waals surface area contributed by atoms with E-state index in [1.54, 1.807) is 0 Å². The Bertz CT molecular complexity index is 424. The Morgan fingerprint density at radius 1 is 1.35 bits per heavy atom. The van der Waals surface area contributed by atoms with Crippen molar-refractivity contribution in [2.45, 2.75) is 24.6 Å². The highest BCUT2D eigenvalue weighted by molar-refractivity contribution is 8.57. The standard InChI is InChI=1S/C12H18NO2PS/c1-10-12(15-10)16(14,13(2)3)17-9-11-7-5-4-6-8-11/h4-8,10,12H,9H2,1-3H3/t10-,12+,16?/m1/s1. The first-order valence-corrected chi connectivity index (χ1v) is 8.97. The van der Waals surface area contributed by atoms with Gasteiger partial charge in [0.2, 0.25) is 6.49 Å². The monoisotopic (exact) mass is 271 g/mol. The summed E-state index contributed by atoms with van der Waals surface area (Å²) in [6.07, 6.45) is 0.131. The van der Waals surface area contributed by atoms with Crippen LogP contribution in [0, 0.1) is 0 Å². The SMILES string of the molecule is C[C@H]1O[C@H]1P(=O)(SCc1ccccc1)N(C)C. The highest BCUT2D eigenvalue weighted by Crippen LogP contribution is 2.70. The lowest BCUT2D eigenvalue weighted by molar-refractivity contribution is 0.400. The average molecular weight is 271 g/mol. The molecule has 1 fully saturated rings. The van der Waals surface area contributed by atoms with E-state index < -0.39 is 6.49 Å². The molecule has 0 N–H and O–H groups in total. The molecule has 0 spiro atoms. The van der Waals surface area contributed by atoms with E-state index in [-0.39, 0.29) is 11.9 Å². The van der Waals surface area contributed by atoms with Crippen LogP contribution in [0.4, 0.5) is 0 Å². The molecule has 3 atom stereocenters. The van der Waals surface area contributed by atoms with Crippen LogP contribution in [0.25, 0.3) is 0 Å². The van der Waals surface area contributed by atoms with Crippen molar-refractivity contribution in [2.24, 2.45) is 0 Å². The number of rotatable bonds is 5. The van der Waals surface area contributed by atoms with Gasteiger partial charge in [-0.25, -0.2) is 4.67 Å². The summed E-state index contributed by atoms with van der Waals surface area (Å²) in [4.78, 5) is 0. The summed E-state index contributed by atoms with van der Waals surface area (Å²) in [5.74, 6) is 0.675. The second kappa shape index (κ2) is 5.15. The predicted molar refractivity (Wildman–Crippen MR) is 73.4 cm³/mol. The molecule has 0 aromatic heterocycles. The van der Waals surface area contributed by atoms with Gasteiger partial charge in [-0.3, -0.25) is 4.57 Å². The Morgan fingerprint density at radius 2 is 1.94 bits per heavy atom. The van der Waals surface area contributed by atoms with Gasteiger partial charge in [-0.15, -0.1) is 0 Å². The van der Waals surface area contributed by atoms with E-state index in [0.717, 1.165) is 5.75 Å². The van der Waals surface area contributed by atoms with E-state index in [2.05, 4.69) is 12.1 Å². The van der Waals surface area contributed by atoms with Crippen LogP contribution in [0.15, 0.2) is 30.3 Å². The average Bonchev–Trinajstić information content (AvgIpc) is 3.05. The third-order valence-corrected chi connectivity index (χ3v) is 9.05. The lowest BCUT2D eigenvalue weighted by Crippen LogP contribution is -2.11. The van der Waals surface area contributed by atoms with Gasteiger partial charge in [0.1, 0.15) is 0 Å². The highest BCUT2D eigenvalue weighted by Gasteiger charge is 2.51. The molecule has 0 aliphatic carbocycles. The van der Waals surface area contributed by atoms with Crippen molar-refractivity contribution >= 4 is 17.9 Å². The molecule has 0 amide bonds. The van der Waals surface area contributed by atoms with Crippen molar-refractivity contribution in [1.29, 1.82) is 0 Å². The summed E-state index contributed by atoms with van der Waals surface area (Å²) >= 11 is 1.52. The van der Waals surface area contributed by atoms with Crippen LogP contribution in [-0.4, -0.2) is 30.7 Å². The maximum atomic E-state index is 12.8. The van der Waals surface area contributed by atoms with E-state index in [0.29, 0.717) is 0 Å². The Labute approximate surface area is 107 Å². The molecule has 1 aliphatic rings.